The summed E-state index contributed by atoms with van der Waals surface area (Å²) in [6.45, 7) is 5.94. The van der Waals surface area contributed by atoms with Crippen molar-refractivity contribution in [3.8, 4) is 0 Å². The summed E-state index contributed by atoms with van der Waals surface area (Å²) in [7, 11) is -3.49. The van der Waals surface area contributed by atoms with E-state index in [9.17, 15) is 13.2 Å². The van der Waals surface area contributed by atoms with Crippen LogP contribution in [0.2, 0.25) is 0 Å². The number of amides is 1. The van der Waals surface area contributed by atoms with E-state index in [2.05, 4.69) is 5.32 Å². The maximum Gasteiger partial charge on any atom is 0.243 e. The van der Waals surface area contributed by atoms with E-state index in [1.54, 1.807) is 10.4 Å². The zero-order valence-electron chi connectivity index (χ0n) is 17.8. The lowest BCUT2D eigenvalue weighted by atomic mass is 9.94. The molecule has 0 bridgehead atoms. The van der Waals surface area contributed by atoms with Gasteiger partial charge in [0.05, 0.1) is 11.4 Å². The normalized spacial score (nSPS) is 19.1. The summed E-state index contributed by atoms with van der Waals surface area (Å²) in [4.78, 5) is 15.1. The van der Waals surface area contributed by atoms with Crippen LogP contribution < -0.4 is 5.32 Å². The van der Waals surface area contributed by atoms with E-state index < -0.39 is 10.0 Å². The number of nitrogens with one attached hydrogen (secondary N) is 1. The molecule has 1 N–H and O–H groups in total. The molecule has 0 spiro atoms. The van der Waals surface area contributed by atoms with E-state index in [1.807, 2.05) is 30.9 Å². The molecule has 1 saturated heterocycles. The summed E-state index contributed by atoms with van der Waals surface area (Å²) in [5.74, 6) is 0.0837. The van der Waals surface area contributed by atoms with E-state index in [4.69, 9.17) is 0 Å². The van der Waals surface area contributed by atoms with Crippen molar-refractivity contribution in [3.63, 3.8) is 0 Å². The topological polar surface area (TPSA) is 69.7 Å². The SMILES string of the molecule is CCN(C(=O)CNc1ccc(C)c(S(=O)(=O)N2CCCCC2)c1)C1CCCCC1. The third kappa shape index (κ3) is 5.31. The first kappa shape index (κ1) is 22.1. The fourth-order valence-electron chi connectivity index (χ4n) is 4.54. The Hall–Kier alpha value is -1.60. The molecule has 3 rings (SSSR count). The molecule has 0 aromatic heterocycles. The smallest absolute Gasteiger partial charge is 0.243 e. The molecule has 7 heteroatoms. The van der Waals surface area contributed by atoms with Crippen LogP contribution in [0.1, 0.15) is 63.9 Å². The summed E-state index contributed by atoms with van der Waals surface area (Å²) in [5.41, 5.74) is 1.42. The maximum absolute atomic E-state index is 13.1. The molecule has 1 aliphatic heterocycles. The molecule has 1 heterocycles. The number of carbonyl (C=O) groups is 1. The third-order valence-corrected chi connectivity index (χ3v) is 8.28. The Morgan fingerprint density at radius 3 is 2.41 bits per heavy atom. The summed E-state index contributed by atoms with van der Waals surface area (Å²) in [6.07, 6.45) is 8.74. The highest BCUT2D eigenvalue weighted by Gasteiger charge is 2.28. The van der Waals surface area contributed by atoms with Crippen molar-refractivity contribution in [1.82, 2.24) is 9.21 Å². The highest BCUT2D eigenvalue weighted by atomic mass is 32.2. The number of nitrogens with zero attached hydrogens (tertiary/aromatic N) is 2. The number of piperidine rings is 1. The molecule has 1 aliphatic carbocycles. The predicted octanol–water partition coefficient (Wildman–Crippen LogP) is 3.76. The second-order valence-electron chi connectivity index (χ2n) is 8.27. The highest BCUT2D eigenvalue weighted by molar-refractivity contribution is 7.89. The molecule has 1 amide bonds. The lowest BCUT2D eigenvalue weighted by Gasteiger charge is -2.33. The van der Waals surface area contributed by atoms with Gasteiger partial charge in [0.2, 0.25) is 15.9 Å². The maximum atomic E-state index is 13.1. The van der Waals surface area contributed by atoms with Crippen molar-refractivity contribution in [2.24, 2.45) is 0 Å². The van der Waals surface area contributed by atoms with E-state index in [-0.39, 0.29) is 12.5 Å². The second kappa shape index (κ2) is 9.94. The molecule has 6 nitrogen and oxygen atoms in total. The molecular weight excluding hydrogens is 386 g/mol. The van der Waals surface area contributed by atoms with Crippen LogP contribution in [-0.2, 0) is 14.8 Å². The number of hydrogen-bond acceptors (Lipinski definition) is 4. The Bertz CT molecular complexity index is 798. The zero-order chi connectivity index (χ0) is 20.9. The molecule has 2 aliphatic rings. The zero-order valence-corrected chi connectivity index (χ0v) is 18.6. The van der Waals surface area contributed by atoms with Gasteiger partial charge in [-0.1, -0.05) is 31.7 Å². The number of likely N-dealkylation sites (N-methyl/N-ethyl adjacent to an activating group) is 1. The number of aryl methyl sites for hydroxylation is 1. The number of rotatable bonds is 7. The molecule has 29 heavy (non-hydrogen) atoms. The summed E-state index contributed by atoms with van der Waals surface area (Å²) >= 11 is 0. The van der Waals surface area contributed by atoms with E-state index in [0.717, 1.165) is 37.7 Å². The molecule has 0 atom stereocenters. The van der Waals surface area contributed by atoms with Crippen LogP contribution in [0.4, 0.5) is 5.69 Å². The molecule has 162 valence electrons. The predicted molar refractivity (Wildman–Crippen MR) is 117 cm³/mol. The van der Waals surface area contributed by atoms with E-state index in [1.165, 1.54) is 19.3 Å². The average molecular weight is 422 g/mol. The standard InChI is InChI=1S/C22H35N3O3S/c1-3-25(20-10-6-4-7-11-20)22(26)17-23-19-13-12-18(2)21(16-19)29(27,28)24-14-8-5-9-15-24/h12-13,16,20,23H,3-11,14-15,17H2,1-2H3. The van der Waals surface area contributed by atoms with Gasteiger partial charge in [-0.05, 0) is 57.2 Å². The first-order valence-corrected chi connectivity index (χ1v) is 12.5. The Kier molecular flexibility index (Phi) is 7.57. The van der Waals surface area contributed by atoms with Crippen molar-refractivity contribution in [1.29, 1.82) is 0 Å². The Morgan fingerprint density at radius 1 is 1.10 bits per heavy atom. The number of anilines is 1. The van der Waals surface area contributed by atoms with Crippen LogP contribution in [0.3, 0.4) is 0 Å². The Labute approximate surface area is 175 Å². The summed E-state index contributed by atoms with van der Waals surface area (Å²) < 4.78 is 27.8. The van der Waals surface area contributed by atoms with Crippen molar-refractivity contribution in [3.05, 3.63) is 23.8 Å². The van der Waals surface area contributed by atoms with Gasteiger partial charge in [0.15, 0.2) is 0 Å². The lowest BCUT2D eigenvalue weighted by Crippen LogP contribution is -2.43. The minimum Gasteiger partial charge on any atom is -0.376 e. The minimum atomic E-state index is -3.49. The fraction of sp³-hybridized carbons (Fsp3) is 0.682. The largest absolute Gasteiger partial charge is 0.376 e. The molecule has 0 unspecified atom stereocenters. The number of carbonyl (C=O) groups excluding carboxylic acids is 1. The minimum absolute atomic E-state index is 0.0837. The molecular formula is C22H35N3O3S. The monoisotopic (exact) mass is 421 g/mol. The lowest BCUT2D eigenvalue weighted by molar-refractivity contribution is -0.132. The first-order chi connectivity index (χ1) is 13.9. The van der Waals surface area contributed by atoms with Gasteiger partial charge >= 0.3 is 0 Å². The van der Waals surface area contributed by atoms with E-state index in [0.29, 0.717) is 36.3 Å². The van der Waals surface area contributed by atoms with Crippen LogP contribution in [-0.4, -0.2) is 55.8 Å². The molecule has 1 saturated carbocycles. The van der Waals surface area contributed by atoms with Gasteiger partial charge in [0.25, 0.3) is 0 Å². The molecule has 1 aromatic carbocycles. The highest BCUT2D eigenvalue weighted by Crippen LogP contribution is 2.26. The summed E-state index contributed by atoms with van der Waals surface area (Å²) in [6, 6.07) is 5.71. The van der Waals surface area contributed by atoms with Crippen LogP contribution in [0.5, 0.6) is 0 Å². The van der Waals surface area contributed by atoms with Gasteiger partial charge in [-0.2, -0.15) is 4.31 Å². The second-order valence-corrected chi connectivity index (χ2v) is 10.2. The Morgan fingerprint density at radius 2 is 1.76 bits per heavy atom. The first-order valence-electron chi connectivity index (χ1n) is 11.1. The van der Waals surface area contributed by atoms with E-state index >= 15 is 0 Å². The Balaban J connectivity index is 1.68. The van der Waals surface area contributed by atoms with Crippen LogP contribution >= 0.6 is 0 Å². The summed E-state index contributed by atoms with van der Waals surface area (Å²) in [5, 5.41) is 3.17. The number of benzene rings is 1. The van der Waals surface area contributed by atoms with Gasteiger partial charge < -0.3 is 10.2 Å². The average Bonchev–Trinajstić information content (AvgIpc) is 2.75. The van der Waals surface area contributed by atoms with Gasteiger partial charge in [-0.25, -0.2) is 8.42 Å². The van der Waals surface area contributed by atoms with Gasteiger partial charge in [0.1, 0.15) is 0 Å². The quantitative estimate of drug-likeness (QED) is 0.728. The third-order valence-electron chi connectivity index (χ3n) is 6.24. The molecule has 1 aromatic rings. The van der Waals surface area contributed by atoms with Crippen molar-refractivity contribution in [2.75, 3.05) is 31.5 Å². The van der Waals surface area contributed by atoms with Crippen molar-refractivity contribution >= 4 is 21.6 Å². The van der Waals surface area contributed by atoms with Crippen LogP contribution in [0.25, 0.3) is 0 Å². The van der Waals surface area contributed by atoms with Gasteiger partial charge in [-0.15, -0.1) is 0 Å². The molecule has 2 fully saturated rings. The number of sulfonamides is 1. The molecule has 0 radical (unpaired) electrons. The van der Waals surface area contributed by atoms with Crippen molar-refractivity contribution < 1.29 is 13.2 Å². The van der Waals surface area contributed by atoms with Crippen LogP contribution in [0.15, 0.2) is 23.1 Å². The van der Waals surface area contributed by atoms with Gasteiger partial charge in [0, 0.05) is 31.4 Å². The number of hydrogen-bond donors (Lipinski definition) is 1. The van der Waals surface area contributed by atoms with Crippen LogP contribution in [0, 0.1) is 6.92 Å². The van der Waals surface area contributed by atoms with Crippen molar-refractivity contribution in [2.45, 2.75) is 76.2 Å². The van der Waals surface area contributed by atoms with Gasteiger partial charge in [-0.3, -0.25) is 4.79 Å². The fourth-order valence-corrected chi connectivity index (χ4v) is 6.31.